The first-order chi connectivity index (χ1) is 9.93. The molecule has 2 unspecified atom stereocenters. The van der Waals surface area contributed by atoms with Gasteiger partial charge in [0.2, 0.25) is 5.09 Å². The van der Waals surface area contributed by atoms with Crippen molar-refractivity contribution in [1.29, 1.82) is 0 Å². The van der Waals surface area contributed by atoms with Gasteiger partial charge in [-0.3, -0.25) is 0 Å². The van der Waals surface area contributed by atoms with Crippen molar-refractivity contribution in [3.05, 3.63) is 17.9 Å². The van der Waals surface area contributed by atoms with Crippen LogP contribution in [-0.4, -0.2) is 42.9 Å². The Labute approximate surface area is 131 Å². The smallest absolute Gasteiger partial charge is 0.276 e. The van der Waals surface area contributed by atoms with Gasteiger partial charge in [-0.1, -0.05) is 20.8 Å². The number of hydrogen-bond acceptors (Lipinski definition) is 5. The third-order valence-electron chi connectivity index (χ3n) is 3.34. The maximum absolute atomic E-state index is 12.6. The average Bonchev–Trinajstić information content (AvgIpc) is 2.87. The molecule has 0 radical (unpaired) electrons. The molecule has 1 aliphatic rings. The molecule has 1 aliphatic heterocycles. The number of rotatable bonds is 6. The summed E-state index contributed by atoms with van der Waals surface area (Å²) in [5, 5.41) is 3.88. The van der Waals surface area contributed by atoms with Crippen LogP contribution in [-0.2, 0) is 16.6 Å². The van der Waals surface area contributed by atoms with E-state index in [0.717, 1.165) is 13.0 Å². The Morgan fingerprint density at radius 3 is 2.62 bits per heavy atom. The van der Waals surface area contributed by atoms with Crippen molar-refractivity contribution in [2.45, 2.75) is 49.3 Å². The van der Waals surface area contributed by atoms with Crippen LogP contribution in [0.2, 0.25) is 0 Å². The molecule has 1 saturated heterocycles. The van der Waals surface area contributed by atoms with Gasteiger partial charge >= 0.3 is 0 Å². The number of nitrogens with zero attached hydrogens (tertiary/aromatic N) is 1. The third-order valence-corrected chi connectivity index (χ3v) is 6.28. The Morgan fingerprint density at radius 1 is 1.33 bits per heavy atom. The fourth-order valence-electron chi connectivity index (χ4n) is 2.43. The molecule has 2 heterocycles. The zero-order chi connectivity index (χ0) is 15.5. The number of hydrogen-bond donors (Lipinski definition) is 1. The monoisotopic (exact) mass is 332 g/mol. The zero-order valence-corrected chi connectivity index (χ0v) is 14.5. The van der Waals surface area contributed by atoms with E-state index in [9.17, 15) is 8.42 Å². The molecule has 2 rings (SSSR count). The minimum Gasteiger partial charge on any atom is -0.447 e. The molecule has 0 spiro atoms. The maximum Gasteiger partial charge on any atom is 0.276 e. The largest absolute Gasteiger partial charge is 0.447 e. The van der Waals surface area contributed by atoms with Crippen LogP contribution in [0.1, 0.15) is 33.0 Å². The molecule has 1 aromatic rings. The Balaban J connectivity index is 2.08. The van der Waals surface area contributed by atoms with Gasteiger partial charge in [0, 0.05) is 23.6 Å². The molecule has 7 heteroatoms. The molecular formula is C14H24N2O3S2. The van der Waals surface area contributed by atoms with E-state index in [1.165, 1.54) is 0 Å². The highest BCUT2D eigenvalue weighted by Crippen LogP contribution is 2.29. The van der Waals surface area contributed by atoms with E-state index in [0.29, 0.717) is 35.9 Å². The Morgan fingerprint density at radius 2 is 2.00 bits per heavy atom. The van der Waals surface area contributed by atoms with Gasteiger partial charge in [-0.15, -0.1) is 0 Å². The molecule has 2 atom stereocenters. The highest BCUT2D eigenvalue weighted by molar-refractivity contribution is 8.00. The van der Waals surface area contributed by atoms with Gasteiger partial charge in [-0.25, -0.2) is 8.42 Å². The van der Waals surface area contributed by atoms with Gasteiger partial charge < -0.3 is 9.73 Å². The fourth-order valence-corrected chi connectivity index (χ4v) is 5.49. The van der Waals surface area contributed by atoms with E-state index in [2.05, 4.69) is 26.1 Å². The minimum atomic E-state index is -3.51. The number of nitrogens with one attached hydrogen (secondary N) is 1. The van der Waals surface area contributed by atoms with Crippen LogP contribution < -0.4 is 5.32 Å². The van der Waals surface area contributed by atoms with Crippen LogP contribution in [0, 0.1) is 0 Å². The SMILES string of the molecule is CCCNCc1ccc(S(=O)(=O)N2CC(C)SC(C)C2)o1. The summed E-state index contributed by atoms with van der Waals surface area (Å²) in [5.74, 6) is 0.662. The molecular weight excluding hydrogens is 308 g/mol. The second-order valence-corrected chi connectivity index (χ2v) is 9.23. The molecule has 0 aliphatic carbocycles. The van der Waals surface area contributed by atoms with Crippen molar-refractivity contribution in [2.75, 3.05) is 19.6 Å². The maximum atomic E-state index is 12.6. The molecule has 120 valence electrons. The highest BCUT2D eigenvalue weighted by atomic mass is 32.2. The molecule has 1 N–H and O–H groups in total. The molecule has 0 bridgehead atoms. The summed E-state index contributed by atoms with van der Waals surface area (Å²) in [6.45, 7) is 8.74. The predicted molar refractivity (Wildman–Crippen MR) is 86.0 cm³/mol. The van der Waals surface area contributed by atoms with E-state index in [-0.39, 0.29) is 5.09 Å². The summed E-state index contributed by atoms with van der Waals surface area (Å²) in [5.41, 5.74) is 0. The van der Waals surface area contributed by atoms with Crippen LogP contribution in [0.4, 0.5) is 0 Å². The molecule has 1 aromatic heterocycles. The Kier molecular flexibility index (Phi) is 5.76. The van der Waals surface area contributed by atoms with E-state index in [1.54, 1.807) is 16.4 Å². The quantitative estimate of drug-likeness (QED) is 0.810. The zero-order valence-electron chi connectivity index (χ0n) is 12.8. The van der Waals surface area contributed by atoms with E-state index < -0.39 is 10.0 Å². The summed E-state index contributed by atoms with van der Waals surface area (Å²) in [7, 11) is -3.51. The molecule has 1 fully saturated rings. The van der Waals surface area contributed by atoms with Crippen LogP contribution in [0.15, 0.2) is 21.6 Å². The summed E-state index contributed by atoms with van der Waals surface area (Å²) < 4.78 is 32.3. The minimum absolute atomic E-state index is 0.0575. The van der Waals surface area contributed by atoms with Crippen LogP contribution in [0.5, 0.6) is 0 Å². The third kappa shape index (κ3) is 4.25. The van der Waals surface area contributed by atoms with E-state index in [1.807, 2.05) is 11.8 Å². The lowest BCUT2D eigenvalue weighted by Crippen LogP contribution is -2.43. The molecule has 5 nitrogen and oxygen atoms in total. The van der Waals surface area contributed by atoms with Crippen molar-refractivity contribution in [3.8, 4) is 0 Å². The first-order valence-electron chi connectivity index (χ1n) is 7.38. The van der Waals surface area contributed by atoms with Gasteiger partial charge in [-0.05, 0) is 25.1 Å². The number of thioether (sulfide) groups is 1. The first-order valence-corrected chi connectivity index (χ1v) is 9.76. The average molecular weight is 332 g/mol. The Hall–Kier alpha value is -0.500. The van der Waals surface area contributed by atoms with E-state index >= 15 is 0 Å². The second-order valence-electron chi connectivity index (χ2n) is 5.48. The molecule has 21 heavy (non-hydrogen) atoms. The van der Waals surface area contributed by atoms with Gasteiger partial charge in [0.25, 0.3) is 10.0 Å². The van der Waals surface area contributed by atoms with Gasteiger partial charge in [-0.2, -0.15) is 16.1 Å². The summed E-state index contributed by atoms with van der Waals surface area (Å²) >= 11 is 1.83. The lowest BCUT2D eigenvalue weighted by atomic mass is 10.4. The van der Waals surface area contributed by atoms with Crippen molar-refractivity contribution >= 4 is 21.8 Å². The normalized spacial score (nSPS) is 24.3. The first kappa shape index (κ1) is 16.9. The van der Waals surface area contributed by atoms with Crippen molar-refractivity contribution in [2.24, 2.45) is 0 Å². The van der Waals surface area contributed by atoms with Gasteiger partial charge in [0.15, 0.2) is 0 Å². The highest BCUT2D eigenvalue weighted by Gasteiger charge is 2.33. The molecule has 0 saturated carbocycles. The van der Waals surface area contributed by atoms with Crippen LogP contribution in [0.3, 0.4) is 0 Å². The van der Waals surface area contributed by atoms with Crippen LogP contribution in [0.25, 0.3) is 0 Å². The van der Waals surface area contributed by atoms with Crippen molar-refractivity contribution < 1.29 is 12.8 Å². The van der Waals surface area contributed by atoms with Crippen LogP contribution >= 0.6 is 11.8 Å². The number of sulfonamides is 1. The Bertz CT molecular complexity index is 546. The van der Waals surface area contributed by atoms with Gasteiger partial charge in [0.1, 0.15) is 5.76 Å². The summed E-state index contributed by atoms with van der Waals surface area (Å²) in [6.07, 6.45) is 1.03. The van der Waals surface area contributed by atoms with Crippen molar-refractivity contribution in [1.82, 2.24) is 9.62 Å². The van der Waals surface area contributed by atoms with Gasteiger partial charge in [0.05, 0.1) is 6.54 Å². The topological polar surface area (TPSA) is 62.6 Å². The molecule has 0 amide bonds. The summed E-state index contributed by atoms with van der Waals surface area (Å²) in [6, 6.07) is 3.30. The van der Waals surface area contributed by atoms with E-state index in [4.69, 9.17) is 4.42 Å². The standard InChI is InChI=1S/C14H24N2O3S2/c1-4-7-15-8-13-5-6-14(19-13)21(17,18)16-9-11(2)20-12(3)10-16/h5-6,11-12,15H,4,7-10H2,1-3H3. The summed E-state index contributed by atoms with van der Waals surface area (Å²) in [4.78, 5) is 0. The fraction of sp³-hybridized carbons (Fsp3) is 0.714. The lowest BCUT2D eigenvalue weighted by Gasteiger charge is -2.32. The molecule has 0 aromatic carbocycles. The number of furan rings is 1. The van der Waals surface area contributed by atoms with Crippen molar-refractivity contribution in [3.63, 3.8) is 0 Å². The lowest BCUT2D eigenvalue weighted by molar-refractivity contribution is 0.360. The predicted octanol–water partition coefficient (Wildman–Crippen LogP) is 2.29. The second kappa shape index (κ2) is 7.17.